The number of nitrogens with one attached hydrogen (secondary N) is 1. The van der Waals surface area contributed by atoms with Crippen molar-refractivity contribution >= 4 is 11.8 Å². The summed E-state index contributed by atoms with van der Waals surface area (Å²) in [6.07, 6.45) is 2.94. The third kappa shape index (κ3) is 4.06. The zero-order valence-corrected chi connectivity index (χ0v) is 9.96. The predicted octanol–water partition coefficient (Wildman–Crippen LogP) is 0.0163. The molecule has 18 heavy (non-hydrogen) atoms. The van der Waals surface area contributed by atoms with Crippen LogP contribution in [0, 0.1) is 0 Å². The Bertz CT molecular complexity index is 400. The summed E-state index contributed by atoms with van der Waals surface area (Å²) in [5.41, 5.74) is 0. The first-order valence-corrected chi connectivity index (χ1v) is 5.50. The number of furan rings is 1. The van der Waals surface area contributed by atoms with Gasteiger partial charge in [0, 0.05) is 13.1 Å². The van der Waals surface area contributed by atoms with Crippen LogP contribution < -0.4 is 5.32 Å². The minimum atomic E-state index is -0.448. The highest BCUT2D eigenvalue weighted by molar-refractivity contribution is 5.94. The molecule has 2 N–H and O–H groups in total. The van der Waals surface area contributed by atoms with Gasteiger partial charge in [0.2, 0.25) is 5.91 Å². The van der Waals surface area contributed by atoms with Gasteiger partial charge in [0.05, 0.1) is 19.4 Å². The first-order chi connectivity index (χ1) is 8.69. The van der Waals surface area contributed by atoms with E-state index in [0.29, 0.717) is 6.54 Å². The van der Waals surface area contributed by atoms with Gasteiger partial charge in [0.25, 0.3) is 5.91 Å². The van der Waals surface area contributed by atoms with Crippen molar-refractivity contribution in [1.29, 1.82) is 0 Å². The van der Waals surface area contributed by atoms with Gasteiger partial charge in [0.15, 0.2) is 5.76 Å². The number of aliphatic hydroxyl groups excluding tert-OH is 1. The molecule has 98 valence electrons. The number of hydrogen-bond acceptors (Lipinski definition) is 4. The van der Waals surface area contributed by atoms with Crippen molar-refractivity contribution in [3.63, 3.8) is 0 Å². The second kappa shape index (κ2) is 7.29. The molecule has 0 aliphatic rings. The number of hydrogen-bond donors (Lipinski definition) is 2. The van der Waals surface area contributed by atoms with Gasteiger partial charge in [-0.25, -0.2) is 0 Å². The third-order valence-corrected chi connectivity index (χ3v) is 2.22. The molecule has 0 saturated heterocycles. The van der Waals surface area contributed by atoms with Gasteiger partial charge in [-0.15, -0.1) is 6.58 Å². The average Bonchev–Trinajstić information content (AvgIpc) is 2.89. The van der Waals surface area contributed by atoms with E-state index in [1.165, 1.54) is 17.2 Å². The molecule has 0 spiro atoms. The van der Waals surface area contributed by atoms with Crippen molar-refractivity contribution in [3.05, 3.63) is 36.8 Å². The summed E-state index contributed by atoms with van der Waals surface area (Å²) in [5.74, 6) is -0.583. The summed E-state index contributed by atoms with van der Waals surface area (Å²) in [5, 5.41) is 11.3. The molecule has 0 saturated carbocycles. The van der Waals surface area contributed by atoms with E-state index in [9.17, 15) is 9.59 Å². The molecule has 6 heteroatoms. The fourth-order valence-electron chi connectivity index (χ4n) is 1.36. The van der Waals surface area contributed by atoms with Crippen LogP contribution in [0.15, 0.2) is 35.5 Å². The van der Waals surface area contributed by atoms with Gasteiger partial charge in [0.1, 0.15) is 0 Å². The maximum atomic E-state index is 11.7. The molecule has 1 aromatic heterocycles. The fraction of sp³-hybridized carbons (Fsp3) is 0.333. The fourth-order valence-corrected chi connectivity index (χ4v) is 1.36. The lowest BCUT2D eigenvalue weighted by atomic mass is 10.4. The summed E-state index contributed by atoms with van der Waals surface area (Å²) >= 11 is 0. The number of amides is 2. The molecule has 0 unspecified atom stereocenters. The minimum Gasteiger partial charge on any atom is -0.459 e. The second-order valence-electron chi connectivity index (χ2n) is 3.51. The highest BCUT2D eigenvalue weighted by Crippen LogP contribution is 1.99. The van der Waals surface area contributed by atoms with Crippen molar-refractivity contribution in [2.24, 2.45) is 0 Å². The Labute approximate surface area is 105 Å². The second-order valence-corrected chi connectivity index (χ2v) is 3.51. The Morgan fingerprint density at radius 3 is 2.89 bits per heavy atom. The first-order valence-electron chi connectivity index (χ1n) is 5.50. The average molecular weight is 252 g/mol. The van der Waals surface area contributed by atoms with Gasteiger partial charge in [-0.2, -0.15) is 0 Å². The highest BCUT2D eigenvalue weighted by Gasteiger charge is 2.14. The normalized spacial score (nSPS) is 9.83. The number of carbonyl (C=O) groups excluding carboxylic acids is 2. The summed E-state index contributed by atoms with van der Waals surface area (Å²) in [7, 11) is 0. The Kier molecular flexibility index (Phi) is 5.66. The zero-order chi connectivity index (χ0) is 13.4. The van der Waals surface area contributed by atoms with E-state index in [4.69, 9.17) is 9.52 Å². The smallest absolute Gasteiger partial charge is 0.287 e. The molecule has 1 heterocycles. The number of nitrogens with zero attached hydrogens (tertiary/aromatic N) is 1. The molecule has 0 atom stereocenters. The zero-order valence-electron chi connectivity index (χ0n) is 9.96. The summed E-state index contributed by atoms with van der Waals surface area (Å²) in [6, 6.07) is 3.10. The number of carbonyl (C=O) groups is 2. The van der Waals surface area contributed by atoms with Crippen LogP contribution in [0.2, 0.25) is 0 Å². The van der Waals surface area contributed by atoms with Gasteiger partial charge in [-0.3, -0.25) is 9.59 Å². The van der Waals surface area contributed by atoms with E-state index in [1.807, 2.05) is 0 Å². The molecular formula is C12H16N2O4. The lowest BCUT2D eigenvalue weighted by Crippen LogP contribution is -2.41. The van der Waals surface area contributed by atoms with E-state index in [0.717, 1.165) is 0 Å². The number of rotatable bonds is 7. The maximum absolute atomic E-state index is 11.7. The molecule has 1 rings (SSSR count). The molecule has 0 aliphatic carbocycles. The number of aliphatic hydroxyl groups is 1. The summed E-state index contributed by atoms with van der Waals surface area (Å²) in [4.78, 5) is 24.6. The van der Waals surface area contributed by atoms with E-state index in [1.54, 1.807) is 12.1 Å². The van der Waals surface area contributed by atoms with Gasteiger partial charge < -0.3 is 19.7 Å². The monoisotopic (exact) mass is 252 g/mol. The van der Waals surface area contributed by atoms with E-state index in [-0.39, 0.29) is 31.4 Å². The lowest BCUT2D eigenvalue weighted by molar-refractivity contribution is -0.130. The first kappa shape index (κ1) is 14.0. The molecule has 0 aromatic carbocycles. The van der Waals surface area contributed by atoms with E-state index >= 15 is 0 Å². The molecule has 0 fully saturated rings. The predicted molar refractivity (Wildman–Crippen MR) is 64.9 cm³/mol. The van der Waals surface area contributed by atoms with E-state index in [2.05, 4.69) is 11.9 Å². The van der Waals surface area contributed by atoms with Crippen LogP contribution in [0.25, 0.3) is 0 Å². The van der Waals surface area contributed by atoms with Crippen molar-refractivity contribution in [1.82, 2.24) is 10.2 Å². The molecule has 1 aromatic rings. The van der Waals surface area contributed by atoms with Gasteiger partial charge >= 0.3 is 0 Å². The van der Waals surface area contributed by atoms with Crippen molar-refractivity contribution in [3.8, 4) is 0 Å². The molecule has 0 aliphatic heterocycles. The highest BCUT2D eigenvalue weighted by atomic mass is 16.3. The molecule has 6 nitrogen and oxygen atoms in total. The summed E-state index contributed by atoms with van der Waals surface area (Å²) < 4.78 is 4.89. The van der Waals surface area contributed by atoms with Crippen molar-refractivity contribution in [2.45, 2.75) is 0 Å². The van der Waals surface area contributed by atoms with Crippen LogP contribution in [0.5, 0.6) is 0 Å². The van der Waals surface area contributed by atoms with Crippen molar-refractivity contribution in [2.75, 3.05) is 26.2 Å². The van der Waals surface area contributed by atoms with Crippen molar-refractivity contribution < 1.29 is 19.1 Å². The van der Waals surface area contributed by atoms with Crippen LogP contribution in [-0.4, -0.2) is 48.1 Å². The van der Waals surface area contributed by atoms with Gasteiger partial charge in [-0.05, 0) is 12.1 Å². The Balaban J connectivity index is 2.43. The van der Waals surface area contributed by atoms with Gasteiger partial charge in [-0.1, -0.05) is 6.08 Å². The molecule has 2 amide bonds. The maximum Gasteiger partial charge on any atom is 0.287 e. The SMILES string of the molecule is C=CCN(CCO)C(=O)CNC(=O)c1ccco1. The topological polar surface area (TPSA) is 82.8 Å². The molecule has 0 radical (unpaired) electrons. The molecule has 0 bridgehead atoms. The quantitative estimate of drug-likeness (QED) is 0.670. The van der Waals surface area contributed by atoms with Crippen LogP contribution in [0.3, 0.4) is 0 Å². The Hall–Kier alpha value is -2.08. The minimum absolute atomic E-state index is 0.133. The van der Waals surface area contributed by atoms with E-state index < -0.39 is 5.91 Å². The van der Waals surface area contributed by atoms with Crippen LogP contribution in [0.1, 0.15) is 10.6 Å². The van der Waals surface area contributed by atoms with Crippen LogP contribution in [0.4, 0.5) is 0 Å². The molecular weight excluding hydrogens is 236 g/mol. The van der Waals surface area contributed by atoms with Crippen LogP contribution in [-0.2, 0) is 4.79 Å². The summed E-state index contributed by atoms with van der Waals surface area (Å²) in [6.45, 7) is 3.78. The van der Waals surface area contributed by atoms with Crippen LogP contribution >= 0.6 is 0 Å². The Morgan fingerprint density at radius 1 is 1.56 bits per heavy atom. The largest absolute Gasteiger partial charge is 0.459 e. The lowest BCUT2D eigenvalue weighted by Gasteiger charge is -2.19. The standard InChI is InChI=1S/C12H16N2O4/c1-2-5-14(6-7-15)11(16)9-13-12(17)10-4-3-8-18-10/h2-4,8,15H,1,5-7,9H2,(H,13,17). The third-order valence-electron chi connectivity index (χ3n) is 2.22. The Morgan fingerprint density at radius 2 is 2.33 bits per heavy atom.